The van der Waals surface area contributed by atoms with Crippen LogP contribution in [0.5, 0.6) is 0 Å². The summed E-state index contributed by atoms with van der Waals surface area (Å²) >= 11 is 0. The summed E-state index contributed by atoms with van der Waals surface area (Å²) in [6, 6.07) is 10.5. The highest BCUT2D eigenvalue weighted by Gasteiger charge is 2.22. The van der Waals surface area contributed by atoms with Gasteiger partial charge in [0.1, 0.15) is 12.1 Å². The molecule has 1 N–H and O–H groups in total. The van der Waals surface area contributed by atoms with Gasteiger partial charge in [0.05, 0.1) is 17.2 Å². The summed E-state index contributed by atoms with van der Waals surface area (Å²) in [5, 5.41) is 9.47. The van der Waals surface area contributed by atoms with Gasteiger partial charge in [-0.1, -0.05) is 24.8 Å². The minimum atomic E-state index is -0.0155. The molecule has 31 heavy (non-hydrogen) atoms. The maximum atomic E-state index is 11.9. The van der Waals surface area contributed by atoms with Crippen LogP contribution >= 0.6 is 0 Å². The van der Waals surface area contributed by atoms with Crippen LogP contribution in [0.25, 0.3) is 21.8 Å². The molecule has 0 bridgehead atoms. The number of anilines is 1. The number of nitrogens with zero attached hydrogens (tertiary/aromatic N) is 5. The minimum Gasteiger partial charge on any atom is -0.352 e. The van der Waals surface area contributed by atoms with Crippen LogP contribution in [0.2, 0.25) is 0 Å². The number of carbonyl (C=O) groups excluding carboxylic acids is 1. The Kier molecular flexibility index (Phi) is 4.86. The molecule has 1 aliphatic heterocycles. The lowest BCUT2D eigenvalue weighted by Crippen LogP contribution is -2.48. The second-order valence-corrected chi connectivity index (χ2v) is 7.90. The van der Waals surface area contributed by atoms with Gasteiger partial charge in [0, 0.05) is 43.4 Å². The molecule has 4 aromatic rings. The molecule has 156 valence electrons. The second-order valence-electron chi connectivity index (χ2n) is 7.90. The number of para-hydroxylation sites is 1. The first-order chi connectivity index (χ1) is 15.2. The molecule has 0 saturated carbocycles. The molecule has 1 amide bonds. The number of aryl methyl sites for hydroxylation is 1. The van der Waals surface area contributed by atoms with E-state index >= 15 is 0 Å². The average molecular weight is 412 g/mol. The van der Waals surface area contributed by atoms with Crippen LogP contribution in [-0.4, -0.2) is 57.2 Å². The molecular weight excluding hydrogens is 388 g/mol. The normalized spacial score (nSPS) is 14.4. The van der Waals surface area contributed by atoms with Crippen LogP contribution < -0.4 is 4.90 Å². The van der Waals surface area contributed by atoms with Gasteiger partial charge in [-0.25, -0.2) is 9.97 Å². The number of carbonyl (C=O) groups is 1. The first-order valence-corrected chi connectivity index (χ1v) is 10.5. The predicted molar refractivity (Wildman–Crippen MR) is 122 cm³/mol. The Balaban J connectivity index is 1.50. The molecule has 7 nitrogen and oxygen atoms in total. The van der Waals surface area contributed by atoms with E-state index in [0.29, 0.717) is 13.1 Å². The van der Waals surface area contributed by atoms with Crippen molar-refractivity contribution in [1.82, 2.24) is 25.1 Å². The van der Waals surface area contributed by atoms with Gasteiger partial charge in [0.2, 0.25) is 5.91 Å². The number of aromatic amines is 1. The fourth-order valence-corrected chi connectivity index (χ4v) is 4.41. The first kappa shape index (κ1) is 19.2. The zero-order valence-electron chi connectivity index (χ0n) is 17.5. The Morgan fingerprint density at radius 3 is 2.77 bits per heavy atom. The number of hydrogen-bond acceptors (Lipinski definition) is 5. The number of piperazine rings is 1. The largest absolute Gasteiger partial charge is 0.352 e. The van der Waals surface area contributed by atoms with Crippen LogP contribution in [0, 0.1) is 6.92 Å². The molecule has 5 rings (SSSR count). The molecular formula is C24H24N6O. The average Bonchev–Trinajstić information content (AvgIpc) is 3.29. The third-order valence-corrected chi connectivity index (χ3v) is 6.13. The van der Waals surface area contributed by atoms with Crippen molar-refractivity contribution in [3.8, 4) is 0 Å². The Labute approximate surface area is 180 Å². The fraction of sp³-hybridized carbons (Fsp3) is 0.250. The SMILES string of the molecule is C=CC(=O)N1CCN(c2ncnc3c(Cc4c(C)ccc5[nH]ncc45)cccc23)CC1. The van der Waals surface area contributed by atoms with Crippen LogP contribution in [0.3, 0.4) is 0 Å². The number of H-pyrrole nitrogens is 1. The van der Waals surface area contributed by atoms with Crippen molar-refractivity contribution >= 4 is 33.5 Å². The van der Waals surface area contributed by atoms with Gasteiger partial charge in [-0.05, 0) is 41.8 Å². The quantitative estimate of drug-likeness (QED) is 0.521. The molecule has 2 aromatic heterocycles. The van der Waals surface area contributed by atoms with Gasteiger partial charge in [0.15, 0.2) is 0 Å². The first-order valence-electron chi connectivity index (χ1n) is 10.5. The molecule has 0 spiro atoms. The zero-order valence-corrected chi connectivity index (χ0v) is 17.5. The van der Waals surface area contributed by atoms with Crippen molar-refractivity contribution in [3.63, 3.8) is 0 Å². The van der Waals surface area contributed by atoms with E-state index in [1.54, 1.807) is 6.33 Å². The lowest BCUT2D eigenvalue weighted by Gasteiger charge is -2.35. The molecule has 0 aliphatic carbocycles. The highest BCUT2D eigenvalue weighted by atomic mass is 16.2. The summed E-state index contributed by atoms with van der Waals surface area (Å²) < 4.78 is 0. The van der Waals surface area contributed by atoms with E-state index in [4.69, 9.17) is 0 Å². The van der Waals surface area contributed by atoms with E-state index < -0.39 is 0 Å². The molecule has 1 fully saturated rings. The second kappa shape index (κ2) is 7.83. The molecule has 0 atom stereocenters. The highest BCUT2D eigenvalue weighted by molar-refractivity contribution is 5.93. The number of aromatic nitrogens is 4. The maximum Gasteiger partial charge on any atom is 0.246 e. The van der Waals surface area contributed by atoms with Crippen LogP contribution in [0.4, 0.5) is 5.82 Å². The number of amides is 1. The van der Waals surface area contributed by atoms with E-state index in [-0.39, 0.29) is 5.91 Å². The topological polar surface area (TPSA) is 78.0 Å². The zero-order chi connectivity index (χ0) is 21.4. The molecule has 0 unspecified atom stereocenters. The van der Waals surface area contributed by atoms with Gasteiger partial charge < -0.3 is 9.80 Å². The molecule has 7 heteroatoms. The Bertz CT molecular complexity index is 1290. The number of benzene rings is 2. The number of rotatable bonds is 4. The van der Waals surface area contributed by atoms with Gasteiger partial charge in [-0.15, -0.1) is 0 Å². The van der Waals surface area contributed by atoms with Gasteiger partial charge in [-0.3, -0.25) is 9.89 Å². The van der Waals surface area contributed by atoms with Crippen molar-refractivity contribution in [1.29, 1.82) is 0 Å². The molecule has 0 radical (unpaired) electrons. The molecule has 1 aliphatic rings. The highest BCUT2D eigenvalue weighted by Crippen LogP contribution is 2.30. The Morgan fingerprint density at radius 2 is 1.97 bits per heavy atom. The number of nitrogens with one attached hydrogen (secondary N) is 1. The maximum absolute atomic E-state index is 11.9. The Morgan fingerprint density at radius 1 is 1.13 bits per heavy atom. The van der Waals surface area contributed by atoms with Crippen LogP contribution in [-0.2, 0) is 11.2 Å². The summed E-state index contributed by atoms with van der Waals surface area (Å²) in [6.45, 7) is 8.53. The third-order valence-electron chi connectivity index (χ3n) is 6.13. The van der Waals surface area contributed by atoms with Crippen LogP contribution in [0.1, 0.15) is 16.7 Å². The van der Waals surface area contributed by atoms with Crippen molar-refractivity contribution in [2.75, 3.05) is 31.1 Å². The summed E-state index contributed by atoms with van der Waals surface area (Å²) in [5.74, 6) is 0.911. The van der Waals surface area contributed by atoms with Crippen molar-refractivity contribution in [2.24, 2.45) is 0 Å². The van der Waals surface area contributed by atoms with E-state index in [9.17, 15) is 4.79 Å². The van der Waals surface area contributed by atoms with Crippen molar-refractivity contribution in [2.45, 2.75) is 13.3 Å². The fourth-order valence-electron chi connectivity index (χ4n) is 4.41. The minimum absolute atomic E-state index is 0.0155. The number of fused-ring (bicyclic) bond motifs is 2. The van der Waals surface area contributed by atoms with Crippen molar-refractivity contribution < 1.29 is 4.79 Å². The Hall–Kier alpha value is -3.74. The summed E-state index contributed by atoms with van der Waals surface area (Å²) in [6.07, 6.45) is 5.70. The van der Waals surface area contributed by atoms with Gasteiger partial charge in [-0.2, -0.15) is 5.10 Å². The van der Waals surface area contributed by atoms with Crippen molar-refractivity contribution in [3.05, 3.63) is 72.2 Å². The molecule has 1 saturated heterocycles. The smallest absolute Gasteiger partial charge is 0.246 e. The third kappa shape index (κ3) is 3.42. The van der Waals surface area contributed by atoms with E-state index in [1.807, 2.05) is 11.1 Å². The lowest BCUT2D eigenvalue weighted by molar-refractivity contribution is -0.126. The monoisotopic (exact) mass is 412 g/mol. The number of hydrogen-bond donors (Lipinski definition) is 1. The molecule has 3 heterocycles. The molecule has 2 aromatic carbocycles. The van der Waals surface area contributed by atoms with E-state index in [0.717, 1.165) is 47.1 Å². The predicted octanol–water partition coefficient (Wildman–Crippen LogP) is 3.24. The van der Waals surface area contributed by atoms with Crippen LogP contribution in [0.15, 0.2) is 55.5 Å². The lowest BCUT2D eigenvalue weighted by atomic mass is 9.96. The van der Waals surface area contributed by atoms with Gasteiger partial charge >= 0.3 is 0 Å². The summed E-state index contributed by atoms with van der Waals surface area (Å²) in [7, 11) is 0. The van der Waals surface area contributed by atoms with Gasteiger partial charge in [0.25, 0.3) is 0 Å². The summed E-state index contributed by atoms with van der Waals surface area (Å²) in [5.41, 5.74) is 5.68. The summed E-state index contributed by atoms with van der Waals surface area (Å²) in [4.78, 5) is 25.2. The standard InChI is InChI=1S/C24H24N6O/c1-3-22(31)29-9-11-30(12-10-29)24-18-6-4-5-17(23(18)25-15-26-24)13-19-16(2)7-8-21-20(19)14-27-28-21/h3-8,14-15H,1,9-13H2,2H3,(H,27,28). The van der Waals surface area contributed by atoms with E-state index in [1.165, 1.54) is 22.8 Å². The van der Waals surface area contributed by atoms with E-state index in [2.05, 4.69) is 68.9 Å².